The number of methoxy groups -OCH3 is 1. The first-order valence-corrected chi connectivity index (χ1v) is 11.4. The van der Waals surface area contributed by atoms with Crippen LogP contribution in [0.5, 0.6) is 5.75 Å². The Balaban J connectivity index is 1.49. The smallest absolute Gasteiger partial charge is 0.191 e. The fourth-order valence-electron chi connectivity index (χ4n) is 3.51. The Hall–Kier alpha value is -3.32. The second-order valence-corrected chi connectivity index (χ2v) is 7.87. The molecule has 0 amide bonds. The molecular weight excluding hydrogens is 414 g/mol. The molecule has 176 valence electrons. The van der Waals surface area contributed by atoms with Crippen LogP contribution in [0, 0.1) is 6.92 Å². The molecule has 1 heterocycles. The standard InChI is InChI=1S/C26H35N5O2/c1-21-10-11-23(24(18-21)33-17-7-16-32-3)19-30-26(27-2)29-13-12-25-28-14-15-31(25)20-22-8-5-4-6-9-22/h4-6,8-11,14-15,18H,7,12-13,16-17,19-20H2,1-3H3,(H2,27,29,30). The highest BCUT2D eigenvalue weighted by molar-refractivity contribution is 5.79. The highest BCUT2D eigenvalue weighted by Crippen LogP contribution is 2.20. The molecule has 2 aromatic carbocycles. The van der Waals surface area contributed by atoms with Crippen LogP contribution in [0.4, 0.5) is 0 Å². The number of rotatable bonds is 12. The van der Waals surface area contributed by atoms with Crippen molar-refractivity contribution in [3.63, 3.8) is 0 Å². The molecule has 0 atom stereocenters. The van der Waals surface area contributed by atoms with Crippen molar-refractivity contribution in [2.75, 3.05) is 33.9 Å². The van der Waals surface area contributed by atoms with E-state index in [-0.39, 0.29) is 0 Å². The Morgan fingerprint density at radius 3 is 2.73 bits per heavy atom. The summed E-state index contributed by atoms with van der Waals surface area (Å²) in [5, 5.41) is 6.78. The first kappa shape index (κ1) is 24.3. The van der Waals surface area contributed by atoms with E-state index in [2.05, 4.69) is 74.6 Å². The molecule has 0 unspecified atom stereocenters. The molecule has 0 bridgehead atoms. The molecular formula is C26H35N5O2. The molecule has 0 spiro atoms. The number of aliphatic imine (C=N–C) groups is 1. The molecule has 0 radical (unpaired) electrons. The normalized spacial score (nSPS) is 11.4. The number of imidazole rings is 1. The van der Waals surface area contributed by atoms with Crippen LogP contribution in [0.15, 0.2) is 65.9 Å². The number of ether oxygens (including phenoxy) is 2. The molecule has 3 aromatic rings. The number of nitrogens with one attached hydrogen (secondary N) is 2. The lowest BCUT2D eigenvalue weighted by Gasteiger charge is -2.16. The summed E-state index contributed by atoms with van der Waals surface area (Å²) in [4.78, 5) is 8.88. The van der Waals surface area contributed by atoms with Crippen LogP contribution in [-0.4, -0.2) is 49.4 Å². The molecule has 1 aromatic heterocycles. The summed E-state index contributed by atoms with van der Waals surface area (Å²) in [5.41, 5.74) is 3.54. The van der Waals surface area contributed by atoms with Gasteiger partial charge in [0.2, 0.25) is 0 Å². The molecule has 7 heteroatoms. The van der Waals surface area contributed by atoms with Crippen molar-refractivity contribution >= 4 is 5.96 Å². The van der Waals surface area contributed by atoms with Crippen molar-refractivity contribution in [2.45, 2.75) is 32.9 Å². The highest BCUT2D eigenvalue weighted by Gasteiger charge is 2.08. The van der Waals surface area contributed by atoms with Gasteiger partial charge in [-0.1, -0.05) is 42.5 Å². The van der Waals surface area contributed by atoms with Gasteiger partial charge in [0.25, 0.3) is 0 Å². The minimum absolute atomic E-state index is 0.627. The highest BCUT2D eigenvalue weighted by atomic mass is 16.5. The maximum absolute atomic E-state index is 5.99. The zero-order valence-corrected chi connectivity index (χ0v) is 19.9. The van der Waals surface area contributed by atoms with Crippen molar-refractivity contribution in [1.29, 1.82) is 0 Å². The van der Waals surface area contributed by atoms with Crippen LogP contribution in [0.3, 0.4) is 0 Å². The van der Waals surface area contributed by atoms with Crippen LogP contribution in [0.1, 0.15) is 28.9 Å². The Labute approximate surface area is 196 Å². The first-order chi connectivity index (χ1) is 16.2. The van der Waals surface area contributed by atoms with E-state index in [0.717, 1.165) is 49.0 Å². The molecule has 7 nitrogen and oxygen atoms in total. The number of aromatic nitrogens is 2. The average Bonchev–Trinajstić information content (AvgIpc) is 3.27. The molecule has 0 saturated carbocycles. The van der Waals surface area contributed by atoms with E-state index in [4.69, 9.17) is 9.47 Å². The zero-order valence-electron chi connectivity index (χ0n) is 19.9. The molecule has 0 fully saturated rings. The van der Waals surface area contributed by atoms with E-state index in [1.54, 1.807) is 14.2 Å². The Bertz CT molecular complexity index is 1000. The molecule has 2 N–H and O–H groups in total. The molecule has 0 aliphatic carbocycles. The molecule has 0 aliphatic heterocycles. The van der Waals surface area contributed by atoms with Gasteiger partial charge < -0.3 is 24.7 Å². The van der Waals surface area contributed by atoms with E-state index in [9.17, 15) is 0 Å². The Morgan fingerprint density at radius 1 is 1.09 bits per heavy atom. The van der Waals surface area contributed by atoms with Crippen molar-refractivity contribution in [3.05, 3.63) is 83.4 Å². The molecule has 33 heavy (non-hydrogen) atoms. The van der Waals surface area contributed by atoms with Crippen LogP contribution in [0.2, 0.25) is 0 Å². The van der Waals surface area contributed by atoms with Crippen molar-refractivity contribution < 1.29 is 9.47 Å². The summed E-state index contributed by atoms with van der Waals surface area (Å²) in [7, 11) is 3.49. The van der Waals surface area contributed by atoms with E-state index in [0.29, 0.717) is 19.8 Å². The van der Waals surface area contributed by atoms with Gasteiger partial charge in [-0.2, -0.15) is 0 Å². The third kappa shape index (κ3) is 7.95. The van der Waals surface area contributed by atoms with Crippen LogP contribution in [0.25, 0.3) is 0 Å². The van der Waals surface area contributed by atoms with Gasteiger partial charge in [0.1, 0.15) is 11.6 Å². The summed E-state index contributed by atoms with van der Waals surface area (Å²) >= 11 is 0. The molecule has 0 saturated heterocycles. The van der Waals surface area contributed by atoms with Gasteiger partial charge in [-0.15, -0.1) is 0 Å². The van der Waals surface area contributed by atoms with Crippen molar-refractivity contribution in [1.82, 2.24) is 20.2 Å². The van der Waals surface area contributed by atoms with Crippen LogP contribution < -0.4 is 15.4 Å². The maximum atomic E-state index is 5.99. The second kappa shape index (κ2) is 13.3. The summed E-state index contributed by atoms with van der Waals surface area (Å²) in [6, 6.07) is 16.7. The number of nitrogens with zero attached hydrogens (tertiary/aromatic N) is 3. The number of guanidine groups is 1. The Kier molecular flexibility index (Phi) is 9.79. The fraction of sp³-hybridized carbons (Fsp3) is 0.385. The van der Waals surface area contributed by atoms with Gasteiger partial charge in [-0.05, 0) is 24.1 Å². The largest absolute Gasteiger partial charge is 0.493 e. The lowest BCUT2D eigenvalue weighted by atomic mass is 10.1. The number of aryl methyl sites for hydroxylation is 1. The zero-order chi connectivity index (χ0) is 23.3. The number of hydrogen-bond donors (Lipinski definition) is 2. The van der Waals surface area contributed by atoms with Gasteiger partial charge in [0.05, 0.1) is 6.61 Å². The second-order valence-electron chi connectivity index (χ2n) is 7.87. The average molecular weight is 450 g/mol. The minimum atomic E-state index is 0.627. The molecule has 0 aliphatic rings. The predicted octanol–water partition coefficient (Wildman–Crippen LogP) is 3.56. The molecule has 3 rings (SSSR count). The van der Waals surface area contributed by atoms with E-state index < -0.39 is 0 Å². The topological polar surface area (TPSA) is 72.7 Å². The number of hydrogen-bond acceptors (Lipinski definition) is 4. The first-order valence-electron chi connectivity index (χ1n) is 11.4. The van der Waals surface area contributed by atoms with Crippen LogP contribution in [-0.2, 0) is 24.2 Å². The maximum Gasteiger partial charge on any atom is 0.191 e. The third-order valence-electron chi connectivity index (χ3n) is 5.28. The van der Waals surface area contributed by atoms with Crippen molar-refractivity contribution in [3.8, 4) is 5.75 Å². The van der Waals surface area contributed by atoms with E-state index >= 15 is 0 Å². The summed E-state index contributed by atoms with van der Waals surface area (Å²) in [6.07, 6.45) is 5.55. The lowest BCUT2D eigenvalue weighted by Crippen LogP contribution is -2.38. The quantitative estimate of drug-likeness (QED) is 0.251. The third-order valence-corrected chi connectivity index (χ3v) is 5.28. The Morgan fingerprint density at radius 2 is 1.94 bits per heavy atom. The predicted molar refractivity (Wildman–Crippen MR) is 133 cm³/mol. The van der Waals surface area contributed by atoms with Gasteiger partial charge in [-0.3, -0.25) is 4.99 Å². The SMILES string of the molecule is CN=C(NCCc1nccn1Cc1ccccc1)NCc1ccc(C)cc1OCCCOC. The van der Waals surface area contributed by atoms with E-state index in [1.807, 2.05) is 18.5 Å². The summed E-state index contributed by atoms with van der Waals surface area (Å²) < 4.78 is 13.3. The minimum Gasteiger partial charge on any atom is -0.493 e. The fourth-order valence-corrected chi connectivity index (χ4v) is 3.51. The van der Waals surface area contributed by atoms with Crippen LogP contribution >= 0.6 is 0 Å². The van der Waals surface area contributed by atoms with Gasteiger partial charge in [0, 0.05) is 71.2 Å². The van der Waals surface area contributed by atoms with Gasteiger partial charge in [0.15, 0.2) is 5.96 Å². The lowest BCUT2D eigenvalue weighted by molar-refractivity contribution is 0.171. The van der Waals surface area contributed by atoms with Gasteiger partial charge >= 0.3 is 0 Å². The van der Waals surface area contributed by atoms with Gasteiger partial charge in [-0.25, -0.2) is 4.98 Å². The monoisotopic (exact) mass is 449 g/mol. The van der Waals surface area contributed by atoms with Crippen molar-refractivity contribution in [2.24, 2.45) is 4.99 Å². The number of benzene rings is 2. The summed E-state index contributed by atoms with van der Waals surface area (Å²) in [6.45, 7) is 5.58. The van der Waals surface area contributed by atoms with E-state index in [1.165, 1.54) is 11.1 Å². The summed E-state index contributed by atoms with van der Waals surface area (Å²) in [5.74, 6) is 2.70.